The molecule has 8 atom stereocenters. The first-order valence-electron chi connectivity index (χ1n) is 17.9. The quantitative estimate of drug-likeness (QED) is 0.297. The Morgan fingerprint density at radius 2 is 1.38 bits per heavy atom. The van der Waals surface area contributed by atoms with Crippen LogP contribution < -0.4 is 0 Å². The van der Waals surface area contributed by atoms with Gasteiger partial charge < -0.3 is 4.90 Å². The van der Waals surface area contributed by atoms with Gasteiger partial charge in [-0.05, 0) is 113 Å². The zero-order valence-corrected chi connectivity index (χ0v) is 28.4. The topological polar surface area (TPSA) is 6.25 Å². The van der Waals surface area contributed by atoms with Crippen LogP contribution in [0, 0.1) is 46.3 Å². The second-order valence-corrected chi connectivity index (χ2v) is 17.1. The van der Waals surface area contributed by atoms with E-state index in [0.29, 0.717) is 0 Å². The molecule has 7 rings (SSSR count). The molecule has 0 amide bonds. The van der Waals surface area contributed by atoms with Crippen LogP contribution >= 0.6 is 11.6 Å². The molecule has 0 spiro atoms. The van der Waals surface area contributed by atoms with Crippen LogP contribution in [-0.2, 0) is 0 Å². The van der Waals surface area contributed by atoms with Crippen LogP contribution in [0.5, 0.6) is 0 Å². The monoisotopic (exact) mass is 589 g/mol. The molecule has 8 unspecified atom stereocenters. The third kappa shape index (κ3) is 4.58. The molecule has 2 aliphatic heterocycles. The molecule has 7 aliphatic rings. The lowest BCUT2D eigenvalue weighted by molar-refractivity contribution is -0.551. The summed E-state index contributed by atoms with van der Waals surface area (Å²) in [6.45, 7) is 10.1. The third-order valence-corrected chi connectivity index (χ3v) is 14.8. The Balaban J connectivity index is 1.12. The Bertz CT molecular complexity index is 1240. The number of allylic oxidation sites excluding steroid dienone is 8. The van der Waals surface area contributed by atoms with E-state index in [1.54, 1.807) is 0 Å². The average Bonchev–Trinajstić information content (AvgIpc) is 3.50. The van der Waals surface area contributed by atoms with Crippen molar-refractivity contribution >= 4 is 17.3 Å². The maximum absolute atomic E-state index is 7.15. The van der Waals surface area contributed by atoms with Crippen molar-refractivity contribution in [1.82, 2.24) is 4.90 Å². The predicted octanol–water partition coefficient (Wildman–Crippen LogP) is 9.90. The van der Waals surface area contributed by atoms with E-state index >= 15 is 0 Å². The highest BCUT2D eigenvalue weighted by atomic mass is 35.5. The first-order chi connectivity index (χ1) is 20.1. The number of fused-ring (bicyclic) bond motifs is 6. The van der Waals surface area contributed by atoms with Gasteiger partial charge in [0.05, 0.1) is 5.41 Å². The van der Waals surface area contributed by atoms with Crippen LogP contribution in [0.4, 0.5) is 0 Å². The molecule has 0 bridgehead atoms. The predicted molar refractivity (Wildman–Crippen MR) is 178 cm³/mol. The van der Waals surface area contributed by atoms with Gasteiger partial charge in [-0.25, -0.2) is 4.58 Å². The van der Waals surface area contributed by atoms with Crippen LogP contribution in [0.3, 0.4) is 0 Å². The van der Waals surface area contributed by atoms with Gasteiger partial charge in [0.25, 0.3) is 0 Å². The first kappa shape index (κ1) is 29.4. The van der Waals surface area contributed by atoms with Crippen molar-refractivity contribution in [2.75, 3.05) is 14.1 Å². The molecule has 5 aliphatic carbocycles. The lowest BCUT2D eigenvalue weighted by Crippen LogP contribution is -2.45. The molecule has 42 heavy (non-hydrogen) atoms. The molecular formula is C39H58ClN2+. The van der Waals surface area contributed by atoms with Crippen LogP contribution in [0.25, 0.3) is 0 Å². The lowest BCUT2D eigenvalue weighted by Gasteiger charge is -2.46. The fraction of sp³-hybridized carbons (Fsp3) is 0.769. The normalized spacial score (nSPS) is 42.9. The summed E-state index contributed by atoms with van der Waals surface area (Å²) in [7, 11) is 4.80. The van der Waals surface area contributed by atoms with Gasteiger partial charge >= 0.3 is 0 Å². The maximum atomic E-state index is 7.15. The molecule has 0 aromatic rings. The minimum atomic E-state index is 0.236. The van der Waals surface area contributed by atoms with Gasteiger partial charge in [0.1, 0.15) is 7.05 Å². The zero-order valence-electron chi connectivity index (χ0n) is 27.6. The summed E-state index contributed by atoms with van der Waals surface area (Å²) in [5, 5.41) is 1.01. The molecule has 5 fully saturated rings. The van der Waals surface area contributed by atoms with Gasteiger partial charge in [0.2, 0.25) is 0 Å². The Morgan fingerprint density at radius 1 is 0.738 bits per heavy atom. The van der Waals surface area contributed by atoms with Crippen molar-refractivity contribution in [3.05, 3.63) is 46.2 Å². The number of hydrogen-bond acceptors (Lipinski definition) is 1. The highest BCUT2D eigenvalue weighted by Gasteiger charge is 2.59. The van der Waals surface area contributed by atoms with Gasteiger partial charge in [-0.2, -0.15) is 0 Å². The van der Waals surface area contributed by atoms with Gasteiger partial charge in [0, 0.05) is 47.1 Å². The molecule has 230 valence electrons. The van der Waals surface area contributed by atoms with Crippen LogP contribution in [0.1, 0.15) is 118 Å². The van der Waals surface area contributed by atoms with E-state index < -0.39 is 0 Å². The second kappa shape index (κ2) is 11.0. The largest absolute Gasteiger partial charge is 0.374 e. The number of rotatable bonds is 3. The molecule has 0 N–H and O–H groups in total. The highest BCUT2D eigenvalue weighted by molar-refractivity contribution is 6.33. The van der Waals surface area contributed by atoms with Gasteiger partial charge in [-0.1, -0.05) is 69.7 Å². The van der Waals surface area contributed by atoms with Crippen molar-refractivity contribution in [2.24, 2.45) is 46.3 Å². The number of likely N-dealkylation sites (tertiary alicyclic amines) is 1. The average molecular weight is 590 g/mol. The van der Waals surface area contributed by atoms with Crippen molar-refractivity contribution in [3.63, 3.8) is 0 Å². The number of nitrogens with zero attached hydrogens (tertiary/aromatic N) is 2. The van der Waals surface area contributed by atoms with Crippen LogP contribution in [0.2, 0.25) is 0 Å². The molecule has 4 saturated carbocycles. The van der Waals surface area contributed by atoms with E-state index in [4.69, 9.17) is 11.6 Å². The summed E-state index contributed by atoms with van der Waals surface area (Å²) in [5.74, 6) is 5.30. The number of hydrogen-bond donors (Lipinski definition) is 0. The Kier molecular flexibility index (Phi) is 7.68. The smallest absolute Gasteiger partial charge is 0.182 e. The molecule has 0 aromatic carbocycles. The fourth-order valence-corrected chi connectivity index (χ4v) is 12.5. The van der Waals surface area contributed by atoms with Crippen molar-refractivity contribution in [3.8, 4) is 0 Å². The Labute approximate surface area is 262 Å². The standard InChI is InChI=1S/C39H58ClN2/c1-38(2)31-21-17-25-11-7-9-13-29(25)36(31)41(5)33(38)23-19-27-15-16-28(35(27)40)20-24-34-39(3,4)32-22-18-26-12-8-10-14-30(26)37(32)42(34)6/h19-20,23-26,29-32,36-37H,7-18,21-22H2,1-6H3/q+1. The fourth-order valence-electron chi connectivity index (χ4n) is 12.1. The van der Waals surface area contributed by atoms with E-state index in [2.05, 4.69) is 75.6 Å². The maximum Gasteiger partial charge on any atom is 0.182 e. The van der Waals surface area contributed by atoms with Crippen molar-refractivity contribution in [2.45, 2.75) is 130 Å². The Hall–Kier alpha value is -1.28. The molecule has 2 nitrogen and oxygen atoms in total. The van der Waals surface area contributed by atoms with E-state index in [1.807, 2.05) is 0 Å². The molecule has 0 aromatic heterocycles. The SMILES string of the molecule is CN1/C(=C/C=C2\CCC(/C=C/C3=[N+](C)C4C5CCCCC5CCC4C3(C)C)=C2Cl)C(C)(C)C2CCC3CCCCC3C21. The molecule has 1 saturated heterocycles. The van der Waals surface area contributed by atoms with Crippen LogP contribution in [-0.4, -0.2) is 41.4 Å². The summed E-state index contributed by atoms with van der Waals surface area (Å²) in [6.07, 6.45) is 29.2. The van der Waals surface area contributed by atoms with E-state index in [0.717, 1.165) is 65.5 Å². The summed E-state index contributed by atoms with van der Waals surface area (Å²) in [6, 6.07) is 1.46. The van der Waals surface area contributed by atoms with Crippen molar-refractivity contribution < 1.29 is 4.58 Å². The first-order valence-corrected chi connectivity index (χ1v) is 18.3. The minimum absolute atomic E-state index is 0.236. The second-order valence-electron chi connectivity index (χ2n) is 16.7. The van der Waals surface area contributed by atoms with Gasteiger partial charge in [0.15, 0.2) is 11.8 Å². The van der Waals surface area contributed by atoms with E-state index in [-0.39, 0.29) is 10.8 Å². The summed E-state index contributed by atoms with van der Waals surface area (Å²) in [4.78, 5) is 2.71. The third-order valence-electron chi connectivity index (χ3n) is 14.3. The molecule has 0 radical (unpaired) electrons. The lowest BCUT2D eigenvalue weighted by atomic mass is 9.60. The van der Waals surface area contributed by atoms with Crippen molar-refractivity contribution in [1.29, 1.82) is 0 Å². The molecule has 3 heteroatoms. The molecule has 2 heterocycles. The summed E-state index contributed by atoms with van der Waals surface area (Å²) in [5.41, 5.74) is 6.22. The van der Waals surface area contributed by atoms with E-state index in [1.165, 1.54) is 99.6 Å². The molecular weight excluding hydrogens is 532 g/mol. The van der Waals surface area contributed by atoms with Crippen LogP contribution in [0.15, 0.2) is 46.2 Å². The Morgan fingerprint density at radius 3 is 2.12 bits per heavy atom. The number of halogens is 1. The highest BCUT2D eigenvalue weighted by Crippen LogP contribution is 2.58. The summed E-state index contributed by atoms with van der Waals surface area (Å²) < 4.78 is 2.71. The van der Waals surface area contributed by atoms with E-state index in [9.17, 15) is 0 Å². The summed E-state index contributed by atoms with van der Waals surface area (Å²) >= 11 is 7.15. The minimum Gasteiger partial charge on any atom is -0.374 e. The van der Waals surface area contributed by atoms with Gasteiger partial charge in [-0.3, -0.25) is 0 Å². The van der Waals surface area contributed by atoms with Gasteiger partial charge in [-0.15, -0.1) is 0 Å². The zero-order chi connectivity index (χ0) is 29.4.